The standard InChI is InChI=1S/C17H24N2O2/c1-16(2)12-9-11(5-6-14(12)19-15(16)20)13(18)10-17(21-3)7-4-8-17/h5-6,9,13H,4,7-8,10,18H2,1-3H3,(H,19,20). The second-order valence-corrected chi connectivity index (χ2v) is 6.94. The molecule has 1 heterocycles. The zero-order chi connectivity index (χ0) is 15.3. The van der Waals surface area contributed by atoms with Gasteiger partial charge in [0, 0.05) is 18.8 Å². The Morgan fingerprint density at radius 3 is 2.67 bits per heavy atom. The minimum atomic E-state index is -0.486. The molecule has 1 amide bonds. The summed E-state index contributed by atoms with van der Waals surface area (Å²) in [7, 11) is 1.78. The van der Waals surface area contributed by atoms with Gasteiger partial charge in [0.05, 0.1) is 11.0 Å². The minimum Gasteiger partial charge on any atom is -0.378 e. The van der Waals surface area contributed by atoms with E-state index in [1.165, 1.54) is 6.42 Å². The molecule has 4 nitrogen and oxygen atoms in total. The fraction of sp³-hybridized carbons (Fsp3) is 0.588. The van der Waals surface area contributed by atoms with Crippen LogP contribution in [0.25, 0.3) is 0 Å². The van der Waals surface area contributed by atoms with Crippen molar-refractivity contribution in [1.29, 1.82) is 0 Å². The molecule has 1 aliphatic carbocycles. The van der Waals surface area contributed by atoms with Crippen LogP contribution in [0.1, 0.15) is 56.7 Å². The number of hydrogen-bond donors (Lipinski definition) is 2. The number of amides is 1. The highest BCUT2D eigenvalue weighted by molar-refractivity contribution is 6.05. The first kappa shape index (κ1) is 14.5. The summed E-state index contributed by atoms with van der Waals surface area (Å²) >= 11 is 0. The zero-order valence-electron chi connectivity index (χ0n) is 13.0. The fourth-order valence-electron chi connectivity index (χ4n) is 3.40. The zero-order valence-corrected chi connectivity index (χ0v) is 13.0. The van der Waals surface area contributed by atoms with E-state index in [0.29, 0.717) is 0 Å². The van der Waals surface area contributed by atoms with Crippen molar-refractivity contribution >= 4 is 11.6 Å². The average molecular weight is 288 g/mol. The lowest BCUT2D eigenvalue weighted by molar-refractivity contribution is -0.119. The molecule has 1 saturated carbocycles. The van der Waals surface area contributed by atoms with Gasteiger partial charge in [-0.15, -0.1) is 0 Å². The third kappa shape index (κ3) is 2.27. The van der Waals surface area contributed by atoms with Crippen molar-refractivity contribution < 1.29 is 9.53 Å². The van der Waals surface area contributed by atoms with Gasteiger partial charge in [-0.05, 0) is 56.7 Å². The summed E-state index contributed by atoms with van der Waals surface area (Å²) < 4.78 is 5.67. The quantitative estimate of drug-likeness (QED) is 0.895. The molecule has 1 fully saturated rings. The minimum absolute atomic E-state index is 0.0397. The predicted molar refractivity (Wildman–Crippen MR) is 83.2 cm³/mol. The Morgan fingerprint density at radius 1 is 1.38 bits per heavy atom. The van der Waals surface area contributed by atoms with E-state index in [1.807, 2.05) is 26.0 Å². The van der Waals surface area contributed by atoms with Crippen LogP contribution in [0.15, 0.2) is 18.2 Å². The molecule has 2 aliphatic rings. The summed E-state index contributed by atoms with van der Waals surface area (Å²) in [4.78, 5) is 12.0. The van der Waals surface area contributed by atoms with Crippen LogP contribution in [0.3, 0.4) is 0 Å². The first-order valence-electron chi connectivity index (χ1n) is 7.65. The van der Waals surface area contributed by atoms with E-state index in [1.54, 1.807) is 7.11 Å². The van der Waals surface area contributed by atoms with Crippen LogP contribution >= 0.6 is 0 Å². The van der Waals surface area contributed by atoms with E-state index in [9.17, 15) is 4.79 Å². The van der Waals surface area contributed by atoms with E-state index in [4.69, 9.17) is 10.5 Å². The van der Waals surface area contributed by atoms with Crippen LogP contribution < -0.4 is 11.1 Å². The average Bonchev–Trinajstić information content (AvgIpc) is 2.64. The number of anilines is 1. The van der Waals surface area contributed by atoms with E-state index < -0.39 is 5.41 Å². The number of rotatable bonds is 4. The first-order valence-corrected chi connectivity index (χ1v) is 7.65. The number of methoxy groups -OCH3 is 1. The molecule has 0 saturated heterocycles. The molecule has 0 aromatic heterocycles. The highest BCUT2D eigenvalue weighted by Gasteiger charge is 2.40. The van der Waals surface area contributed by atoms with Crippen molar-refractivity contribution in [2.75, 3.05) is 12.4 Å². The van der Waals surface area contributed by atoms with Gasteiger partial charge in [0.1, 0.15) is 0 Å². The Balaban J connectivity index is 1.84. The van der Waals surface area contributed by atoms with Gasteiger partial charge in [0.25, 0.3) is 0 Å². The molecule has 1 aromatic carbocycles. The normalized spacial score (nSPS) is 23.1. The van der Waals surface area contributed by atoms with Crippen LogP contribution in [0.4, 0.5) is 5.69 Å². The van der Waals surface area contributed by atoms with Crippen LogP contribution in [-0.2, 0) is 14.9 Å². The summed E-state index contributed by atoms with van der Waals surface area (Å²) in [5.74, 6) is 0.0515. The molecule has 0 bridgehead atoms. The lowest BCUT2D eigenvalue weighted by Crippen LogP contribution is -2.41. The molecule has 0 radical (unpaired) electrons. The molecule has 1 atom stereocenters. The summed E-state index contributed by atoms with van der Waals surface area (Å²) in [5.41, 5.74) is 8.91. The molecular weight excluding hydrogens is 264 g/mol. The highest BCUT2D eigenvalue weighted by Crippen LogP contribution is 2.43. The van der Waals surface area contributed by atoms with Crippen molar-refractivity contribution in [1.82, 2.24) is 0 Å². The molecule has 3 rings (SSSR count). The largest absolute Gasteiger partial charge is 0.378 e. The smallest absolute Gasteiger partial charge is 0.234 e. The maximum absolute atomic E-state index is 12.0. The van der Waals surface area contributed by atoms with E-state index >= 15 is 0 Å². The molecule has 1 aromatic rings. The Hall–Kier alpha value is -1.39. The molecule has 1 aliphatic heterocycles. The van der Waals surface area contributed by atoms with Crippen molar-refractivity contribution in [3.63, 3.8) is 0 Å². The van der Waals surface area contributed by atoms with Crippen molar-refractivity contribution in [2.24, 2.45) is 5.73 Å². The van der Waals surface area contributed by atoms with Gasteiger partial charge in [-0.2, -0.15) is 0 Å². The Labute approximate surface area is 126 Å². The van der Waals surface area contributed by atoms with Gasteiger partial charge in [0.2, 0.25) is 5.91 Å². The molecule has 1 unspecified atom stereocenters. The maximum Gasteiger partial charge on any atom is 0.234 e. The van der Waals surface area contributed by atoms with Crippen molar-refractivity contribution in [3.8, 4) is 0 Å². The van der Waals surface area contributed by atoms with E-state index in [-0.39, 0.29) is 17.6 Å². The number of carbonyl (C=O) groups excluding carboxylic acids is 1. The maximum atomic E-state index is 12.0. The van der Waals surface area contributed by atoms with Gasteiger partial charge in [-0.25, -0.2) is 0 Å². The van der Waals surface area contributed by atoms with Gasteiger partial charge < -0.3 is 15.8 Å². The van der Waals surface area contributed by atoms with E-state index in [2.05, 4.69) is 11.4 Å². The van der Waals surface area contributed by atoms with Crippen LogP contribution in [0.5, 0.6) is 0 Å². The van der Waals surface area contributed by atoms with E-state index in [0.717, 1.165) is 36.1 Å². The Kier molecular flexibility index (Phi) is 3.34. The monoisotopic (exact) mass is 288 g/mol. The highest BCUT2D eigenvalue weighted by atomic mass is 16.5. The van der Waals surface area contributed by atoms with Crippen LogP contribution in [0.2, 0.25) is 0 Å². The Morgan fingerprint density at radius 2 is 2.10 bits per heavy atom. The number of nitrogens with two attached hydrogens (primary N) is 1. The predicted octanol–water partition coefficient (Wildman–Crippen LogP) is 2.88. The Bertz CT molecular complexity index is 571. The number of hydrogen-bond acceptors (Lipinski definition) is 3. The lowest BCUT2D eigenvalue weighted by Gasteiger charge is -2.42. The van der Waals surface area contributed by atoms with Crippen molar-refractivity contribution in [2.45, 2.75) is 56.6 Å². The topological polar surface area (TPSA) is 64.3 Å². The summed E-state index contributed by atoms with van der Waals surface area (Å²) in [5, 5.41) is 2.93. The molecule has 4 heteroatoms. The number of benzene rings is 1. The van der Waals surface area contributed by atoms with Gasteiger partial charge in [-0.3, -0.25) is 4.79 Å². The third-order valence-electron chi connectivity index (χ3n) is 5.25. The molecular formula is C17H24N2O2. The molecule has 21 heavy (non-hydrogen) atoms. The molecule has 3 N–H and O–H groups in total. The lowest BCUT2D eigenvalue weighted by atomic mass is 9.74. The first-order chi connectivity index (χ1) is 9.88. The fourth-order valence-corrected chi connectivity index (χ4v) is 3.40. The number of carbonyl (C=O) groups is 1. The number of nitrogens with one attached hydrogen (secondary N) is 1. The van der Waals surface area contributed by atoms with Crippen LogP contribution in [-0.4, -0.2) is 18.6 Å². The van der Waals surface area contributed by atoms with Gasteiger partial charge in [0.15, 0.2) is 0 Å². The van der Waals surface area contributed by atoms with Gasteiger partial charge in [-0.1, -0.05) is 12.1 Å². The summed E-state index contributed by atoms with van der Waals surface area (Å²) in [6.45, 7) is 3.90. The number of ether oxygens (including phenoxy) is 1. The SMILES string of the molecule is COC1(CC(N)c2ccc3c(c2)C(C)(C)C(=O)N3)CCC1. The molecule has 0 spiro atoms. The van der Waals surface area contributed by atoms with Crippen molar-refractivity contribution in [3.05, 3.63) is 29.3 Å². The molecule has 114 valence electrons. The van der Waals surface area contributed by atoms with Crippen LogP contribution in [0, 0.1) is 0 Å². The second kappa shape index (κ2) is 4.82. The summed E-state index contributed by atoms with van der Waals surface area (Å²) in [6.07, 6.45) is 4.24. The van der Waals surface area contributed by atoms with Gasteiger partial charge >= 0.3 is 0 Å². The number of fused-ring (bicyclic) bond motifs is 1. The third-order valence-corrected chi connectivity index (χ3v) is 5.25. The summed E-state index contributed by atoms with van der Waals surface area (Å²) in [6, 6.07) is 6.02. The second-order valence-electron chi connectivity index (χ2n) is 6.94.